The maximum Gasteiger partial charge on any atom is 0.329 e. The second-order valence-electron chi connectivity index (χ2n) is 5.48. The number of hydrogen-bond acceptors (Lipinski definition) is 3. The van der Waals surface area contributed by atoms with Crippen LogP contribution >= 0.6 is 0 Å². The number of rotatable bonds is 5. The summed E-state index contributed by atoms with van der Waals surface area (Å²) >= 11 is 0. The Morgan fingerprint density at radius 3 is 2.10 bits per heavy atom. The van der Waals surface area contributed by atoms with Crippen LogP contribution in [0, 0.1) is 0 Å². The lowest BCUT2D eigenvalue weighted by molar-refractivity contribution is -0.147. The molecule has 0 heterocycles. The first kappa shape index (κ1) is 16.8. The van der Waals surface area contributed by atoms with Crippen LogP contribution in [-0.2, 0) is 4.79 Å². The van der Waals surface area contributed by atoms with E-state index in [4.69, 9.17) is 0 Å². The third-order valence-corrected chi connectivity index (χ3v) is 3.39. The average molecular weight is 293 g/mol. The van der Waals surface area contributed by atoms with Crippen LogP contribution < -0.4 is 10.2 Å². The van der Waals surface area contributed by atoms with Crippen LogP contribution in [-0.4, -0.2) is 48.2 Å². The molecule has 0 atom stereocenters. The maximum atomic E-state index is 12.3. The molecular weight excluding hydrogens is 270 g/mol. The number of nitrogens with zero attached hydrogens (tertiary/aromatic N) is 2. The van der Waals surface area contributed by atoms with Gasteiger partial charge in [-0.05, 0) is 45.0 Å². The Bertz CT molecular complexity index is 509. The van der Waals surface area contributed by atoms with Crippen LogP contribution in [0.4, 0.5) is 16.2 Å². The first-order valence-corrected chi connectivity index (χ1v) is 6.79. The summed E-state index contributed by atoms with van der Waals surface area (Å²) in [5.41, 5.74) is 0.388. The van der Waals surface area contributed by atoms with Gasteiger partial charge in [0.15, 0.2) is 0 Å². The van der Waals surface area contributed by atoms with E-state index in [-0.39, 0.29) is 0 Å². The van der Waals surface area contributed by atoms with E-state index in [0.29, 0.717) is 12.2 Å². The summed E-state index contributed by atoms with van der Waals surface area (Å²) in [5.74, 6) is -1.04. The van der Waals surface area contributed by atoms with Crippen LogP contribution in [0.1, 0.15) is 20.8 Å². The largest absolute Gasteiger partial charge is 0.480 e. The zero-order valence-electron chi connectivity index (χ0n) is 13.2. The number of aliphatic carboxylic acids is 1. The Kier molecular flexibility index (Phi) is 5.18. The van der Waals surface area contributed by atoms with Gasteiger partial charge in [0.25, 0.3) is 0 Å². The topological polar surface area (TPSA) is 72.9 Å². The predicted octanol–water partition coefficient (Wildman–Crippen LogP) is 2.47. The van der Waals surface area contributed by atoms with Crippen molar-refractivity contribution < 1.29 is 14.7 Å². The van der Waals surface area contributed by atoms with Gasteiger partial charge in [0.2, 0.25) is 0 Å². The summed E-state index contributed by atoms with van der Waals surface area (Å²) in [5, 5.41) is 12.0. The quantitative estimate of drug-likeness (QED) is 0.874. The molecule has 1 aromatic carbocycles. The zero-order chi connectivity index (χ0) is 16.2. The summed E-state index contributed by atoms with van der Waals surface area (Å²) in [6.45, 7) is 5.07. The van der Waals surface area contributed by atoms with Crippen molar-refractivity contribution in [3.8, 4) is 0 Å². The highest BCUT2D eigenvalue weighted by molar-refractivity contribution is 5.93. The third kappa shape index (κ3) is 3.87. The molecule has 116 valence electrons. The first-order valence-electron chi connectivity index (χ1n) is 6.79. The molecule has 0 saturated heterocycles. The van der Waals surface area contributed by atoms with Crippen molar-refractivity contribution in [1.82, 2.24) is 4.90 Å². The molecule has 0 aliphatic heterocycles. The molecule has 21 heavy (non-hydrogen) atoms. The Labute approximate surface area is 125 Å². The fourth-order valence-electron chi connectivity index (χ4n) is 1.94. The molecule has 0 aliphatic carbocycles. The summed E-state index contributed by atoms with van der Waals surface area (Å²) in [6.07, 6.45) is 0. The van der Waals surface area contributed by atoms with Crippen molar-refractivity contribution >= 4 is 23.4 Å². The Morgan fingerprint density at radius 2 is 1.71 bits per heavy atom. The monoisotopic (exact) mass is 293 g/mol. The molecule has 0 spiro atoms. The number of nitrogens with one attached hydrogen (secondary N) is 1. The predicted molar refractivity (Wildman–Crippen MR) is 83.9 cm³/mol. The summed E-state index contributed by atoms with van der Waals surface area (Å²) < 4.78 is 0. The number of anilines is 2. The van der Waals surface area contributed by atoms with Crippen LogP contribution in [0.2, 0.25) is 0 Å². The van der Waals surface area contributed by atoms with Crippen molar-refractivity contribution in [3.05, 3.63) is 24.3 Å². The van der Waals surface area contributed by atoms with E-state index in [0.717, 1.165) is 5.69 Å². The summed E-state index contributed by atoms with van der Waals surface area (Å²) in [4.78, 5) is 26.8. The number of hydrogen-bond donors (Lipinski definition) is 2. The molecule has 0 radical (unpaired) electrons. The molecule has 1 aromatic rings. The smallest absolute Gasteiger partial charge is 0.329 e. The van der Waals surface area contributed by atoms with Gasteiger partial charge in [-0.25, -0.2) is 9.59 Å². The standard InChI is InChI=1S/C15H23N3O3/c1-6-18(15(2,3)13(19)20)14(21)16-11-7-9-12(10-8-11)17(4)5/h7-10H,6H2,1-5H3,(H,16,21)(H,19,20). The number of carbonyl (C=O) groups is 2. The minimum Gasteiger partial charge on any atom is -0.480 e. The summed E-state index contributed by atoms with van der Waals surface area (Å²) in [7, 11) is 3.86. The van der Waals surface area contributed by atoms with Crippen LogP contribution in [0.5, 0.6) is 0 Å². The Balaban J connectivity index is 2.86. The molecule has 1 rings (SSSR count). The van der Waals surface area contributed by atoms with Crippen LogP contribution in [0.25, 0.3) is 0 Å². The maximum absolute atomic E-state index is 12.3. The van der Waals surface area contributed by atoms with E-state index >= 15 is 0 Å². The normalized spacial score (nSPS) is 10.9. The summed E-state index contributed by atoms with van der Waals surface area (Å²) in [6, 6.07) is 6.91. The Morgan fingerprint density at radius 1 is 1.19 bits per heavy atom. The molecule has 6 nitrogen and oxygen atoms in total. The molecular formula is C15H23N3O3. The van der Waals surface area contributed by atoms with Gasteiger partial charge in [-0.3, -0.25) is 0 Å². The lowest BCUT2D eigenvalue weighted by Gasteiger charge is -2.34. The number of benzene rings is 1. The minimum absolute atomic E-state index is 0.306. The second kappa shape index (κ2) is 6.47. The molecule has 0 saturated carbocycles. The third-order valence-electron chi connectivity index (χ3n) is 3.39. The van der Waals surface area contributed by atoms with Crippen molar-refractivity contribution in [2.75, 3.05) is 30.9 Å². The van der Waals surface area contributed by atoms with E-state index in [2.05, 4.69) is 5.32 Å². The molecule has 0 aliphatic rings. The van der Waals surface area contributed by atoms with E-state index < -0.39 is 17.5 Å². The molecule has 2 N–H and O–H groups in total. The van der Waals surface area contributed by atoms with Gasteiger partial charge in [0.05, 0.1) is 0 Å². The number of urea groups is 1. The highest BCUT2D eigenvalue weighted by Crippen LogP contribution is 2.19. The van der Waals surface area contributed by atoms with Crippen molar-refractivity contribution in [1.29, 1.82) is 0 Å². The zero-order valence-corrected chi connectivity index (χ0v) is 13.2. The molecule has 0 fully saturated rings. The van der Waals surface area contributed by atoms with Crippen molar-refractivity contribution in [2.24, 2.45) is 0 Å². The fourth-order valence-corrected chi connectivity index (χ4v) is 1.94. The molecule has 0 unspecified atom stereocenters. The van der Waals surface area contributed by atoms with Crippen LogP contribution in [0.3, 0.4) is 0 Å². The average Bonchev–Trinajstić information content (AvgIpc) is 2.39. The highest BCUT2D eigenvalue weighted by atomic mass is 16.4. The molecule has 0 bridgehead atoms. The van der Waals surface area contributed by atoms with Gasteiger partial charge in [-0.15, -0.1) is 0 Å². The number of carboxylic acids is 1. The van der Waals surface area contributed by atoms with Gasteiger partial charge in [-0.2, -0.15) is 0 Å². The first-order chi connectivity index (χ1) is 9.70. The van der Waals surface area contributed by atoms with E-state index in [9.17, 15) is 14.7 Å². The van der Waals surface area contributed by atoms with Crippen molar-refractivity contribution in [2.45, 2.75) is 26.3 Å². The lowest BCUT2D eigenvalue weighted by atomic mass is 10.0. The number of likely N-dealkylation sites (N-methyl/N-ethyl adjacent to an activating group) is 1. The molecule has 6 heteroatoms. The highest BCUT2D eigenvalue weighted by Gasteiger charge is 2.36. The van der Waals surface area contributed by atoms with Crippen LogP contribution in [0.15, 0.2) is 24.3 Å². The second-order valence-corrected chi connectivity index (χ2v) is 5.48. The van der Waals surface area contributed by atoms with Gasteiger partial charge in [0.1, 0.15) is 5.54 Å². The number of carboxylic acid groups (broad SMARTS) is 1. The molecule has 2 amide bonds. The van der Waals surface area contributed by atoms with Gasteiger partial charge in [0, 0.05) is 32.0 Å². The SMILES string of the molecule is CCN(C(=O)Nc1ccc(N(C)C)cc1)C(C)(C)C(=O)O. The fraction of sp³-hybridized carbons (Fsp3) is 0.467. The Hall–Kier alpha value is -2.24. The van der Waals surface area contributed by atoms with Gasteiger partial charge < -0.3 is 20.2 Å². The lowest BCUT2D eigenvalue weighted by Crippen LogP contribution is -2.54. The number of carbonyl (C=O) groups excluding carboxylic acids is 1. The van der Waals surface area contributed by atoms with Crippen molar-refractivity contribution in [3.63, 3.8) is 0 Å². The van der Waals surface area contributed by atoms with Gasteiger partial charge in [-0.1, -0.05) is 0 Å². The number of amides is 2. The van der Waals surface area contributed by atoms with E-state index in [1.165, 1.54) is 18.7 Å². The minimum atomic E-state index is -1.26. The molecule has 0 aromatic heterocycles. The van der Waals surface area contributed by atoms with Gasteiger partial charge >= 0.3 is 12.0 Å². The van der Waals surface area contributed by atoms with E-state index in [1.807, 2.05) is 31.1 Å². The van der Waals surface area contributed by atoms with E-state index in [1.54, 1.807) is 19.1 Å².